The molecule has 0 unspecified atom stereocenters. The van der Waals surface area contributed by atoms with Crippen LogP contribution in [0.25, 0.3) is 11.3 Å². The highest BCUT2D eigenvalue weighted by molar-refractivity contribution is 9.11. The Morgan fingerprint density at radius 3 is 2.57 bits per heavy atom. The number of nitrogens with zero attached hydrogens (tertiary/aromatic N) is 3. The van der Waals surface area contributed by atoms with Crippen molar-refractivity contribution >= 4 is 33.2 Å². The van der Waals surface area contributed by atoms with Crippen molar-refractivity contribution in [3.8, 4) is 17.0 Å². The molecule has 1 fully saturated rings. The Labute approximate surface area is 176 Å². The predicted molar refractivity (Wildman–Crippen MR) is 114 cm³/mol. The number of aromatic nitrogens is 2. The molecule has 1 aliphatic heterocycles. The Morgan fingerprint density at radius 1 is 1.18 bits per heavy atom. The van der Waals surface area contributed by atoms with Crippen molar-refractivity contribution in [3.63, 3.8) is 0 Å². The highest BCUT2D eigenvalue weighted by atomic mass is 79.9. The molecular formula is C20H21BrN4O2S. The largest absolute Gasteiger partial charge is 0.497 e. The summed E-state index contributed by atoms with van der Waals surface area (Å²) < 4.78 is 6.36. The van der Waals surface area contributed by atoms with Gasteiger partial charge in [0.15, 0.2) is 0 Å². The van der Waals surface area contributed by atoms with E-state index >= 15 is 0 Å². The highest BCUT2D eigenvalue weighted by Crippen LogP contribution is 2.26. The van der Waals surface area contributed by atoms with Crippen LogP contribution in [-0.4, -0.2) is 59.2 Å². The fraction of sp³-hybridized carbons (Fsp3) is 0.300. The summed E-state index contributed by atoms with van der Waals surface area (Å²) in [5, 5.41) is 7.08. The van der Waals surface area contributed by atoms with Gasteiger partial charge in [-0.2, -0.15) is 5.10 Å². The molecule has 8 heteroatoms. The minimum atomic E-state index is 0.0260. The zero-order valence-corrected chi connectivity index (χ0v) is 17.9. The normalized spacial score (nSPS) is 15.0. The number of thiophene rings is 1. The molecule has 0 spiro atoms. The third kappa shape index (κ3) is 4.14. The van der Waals surface area contributed by atoms with E-state index in [-0.39, 0.29) is 5.91 Å². The molecule has 4 rings (SSSR count). The summed E-state index contributed by atoms with van der Waals surface area (Å²) in [7, 11) is 1.64. The van der Waals surface area contributed by atoms with E-state index in [9.17, 15) is 4.79 Å². The number of carbonyl (C=O) groups is 1. The fourth-order valence-corrected chi connectivity index (χ4v) is 4.89. The van der Waals surface area contributed by atoms with Gasteiger partial charge in [0, 0.05) is 43.2 Å². The Hall–Kier alpha value is -2.16. The van der Waals surface area contributed by atoms with Gasteiger partial charge >= 0.3 is 0 Å². The van der Waals surface area contributed by atoms with E-state index in [2.05, 4.69) is 43.2 Å². The minimum absolute atomic E-state index is 0.0260. The topological polar surface area (TPSA) is 61.5 Å². The third-order valence-electron chi connectivity index (χ3n) is 4.92. The zero-order chi connectivity index (χ0) is 19.5. The molecule has 1 N–H and O–H groups in total. The van der Waals surface area contributed by atoms with Gasteiger partial charge < -0.3 is 9.64 Å². The standard InChI is InChI=1S/C20H21BrN4O2S/c1-27-15-4-2-14(3-5-15)19-17(12-22-23-19)20(26)25-10-8-24(9-11-25)13-16-6-7-18(21)28-16/h2-7,12H,8-11,13H2,1H3,(H,22,23). The number of hydrogen-bond acceptors (Lipinski definition) is 5. The molecule has 28 heavy (non-hydrogen) atoms. The van der Waals surface area contributed by atoms with Crippen LogP contribution in [0.1, 0.15) is 15.2 Å². The van der Waals surface area contributed by atoms with Gasteiger partial charge in [0.25, 0.3) is 5.91 Å². The van der Waals surface area contributed by atoms with Crippen molar-refractivity contribution in [2.24, 2.45) is 0 Å². The monoisotopic (exact) mass is 460 g/mol. The van der Waals surface area contributed by atoms with E-state index in [0.29, 0.717) is 5.56 Å². The lowest BCUT2D eigenvalue weighted by molar-refractivity contribution is 0.0630. The number of halogens is 1. The summed E-state index contributed by atoms with van der Waals surface area (Å²) in [6, 6.07) is 11.9. The molecule has 1 aliphatic rings. The van der Waals surface area contributed by atoms with Crippen LogP contribution in [0, 0.1) is 0 Å². The van der Waals surface area contributed by atoms with Crippen molar-refractivity contribution in [1.82, 2.24) is 20.0 Å². The van der Waals surface area contributed by atoms with Crippen LogP contribution in [-0.2, 0) is 6.54 Å². The maximum Gasteiger partial charge on any atom is 0.257 e. The van der Waals surface area contributed by atoms with Crippen LogP contribution >= 0.6 is 27.3 Å². The minimum Gasteiger partial charge on any atom is -0.497 e. The van der Waals surface area contributed by atoms with Crippen LogP contribution in [0.5, 0.6) is 5.75 Å². The smallest absolute Gasteiger partial charge is 0.257 e. The van der Waals surface area contributed by atoms with E-state index in [1.807, 2.05) is 29.2 Å². The van der Waals surface area contributed by atoms with Gasteiger partial charge in [-0.3, -0.25) is 14.8 Å². The first-order valence-corrected chi connectivity index (χ1v) is 10.7. The van der Waals surface area contributed by atoms with E-state index in [1.165, 1.54) is 4.88 Å². The Balaban J connectivity index is 1.41. The molecule has 0 atom stereocenters. The van der Waals surface area contributed by atoms with Gasteiger partial charge in [0.2, 0.25) is 0 Å². The Bertz CT molecular complexity index is 945. The number of amides is 1. The van der Waals surface area contributed by atoms with Gasteiger partial charge in [-0.1, -0.05) is 0 Å². The van der Waals surface area contributed by atoms with Crippen LogP contribution < -0.4 is 4.74 Å². The second kappa shape index (κ2) is 8.46. The van der Waals surface area contributed by atoms with Gasteiger partial charge in [0.05, 0.1) is 28.4 Å². The van der Waals surface area contributed by atoms with Crippen molar-refractivity contribution < 1.29 is 9.53 Å². The number of piperazine rings is 1. The van der Waals surface area contributed by atoms with Gasteiger partial charge in [0.1, 0.15) is 5.75 Å². The van der Waals surface area contributed by atoms with Crippen molar-refractivity contribution in [2.75, 3.05) is 33.3 Å². The number of nitrogens with one attached hydrogen (secondary N) is 1. The molecule has 1 aromatic carbocycles. The molecule has 1 amide bonds. The van der Waals surface area contributed by atoms with Gasteiger partial charge in [-0.15, -0.1) is 11.3 Å². The highest BCUT2D eigenvalue weighted by Gasteiger charge is 2.25. The van der Waals surface area contributed by atoms with E-state index in [1.54, 1.807) is 24.6 Å². The number of aromatic amines is 1. The van der Waals surface area contributed by atoms with Crippen molar-refractivity contribution in [1.29, 1.82) is 0 Å². The Morgan fingerprint density at radius 2 is 1.93 bits per heavy atom. The first kappa shape index (κ1) is 19.2. The second-order valence-electron chi connectivity index (χ2n) is 6.66. The fourth-order valence-electron chi connectivity index (χ4n) is 3.36. The molecule has 3 aromatic rings. The number of H-pyrrole nitrogens is 1. The van der Waals surface area contributed by atoms with Crippen molar-refractivity contribution in [2.45, 2.75) is 6.54 Å². The summed E-state index contributed by atoms with van der Waals surface area (Å²) in [6.45, 7) is 4.12. The van der Waals surface area contributed by atoms with Crippen LogP contribution in [0.15, 0.2) is 46.4 Å². The Kier molecular flexibility index (Phi) is 5.79. The van der Waals surface area contributed by atoms with E-state index < -0.39 is 0 Å². The maximum absolute atomic E-state index is 13.1. The van der Waals surface area contributed by atoms with Gasteiger partial charge in [-0.25, -0.2) is 0 Å². The maximum atomic E-state index is 13.1. The number of methoxy groups -OCH3 is 1. The summed E-state index contributed by atoms with van der Waals surface area (Å²) in [6.07, 6.45) is 1.62. The van der Waals surface area contributed by atoms with E-state index in [0.717, 1.165) is 53.5 Å². The second-order valence-corrected chi connectivity index (χ2v) is 9.21. The summed E-state index contributed by atoms with van der Waals surface area (Å²) >= 11 is 5.27. The molecule has 0 saturated carbocycles. The quantitative estimate of drug-likeness (QED) is 0.627. The summed E-state index contributed by atoms with van der Waals surface area (Å²) in [5.74, 6) is 0.808. The van der Waals surface area contributed by atoms with Crippen LogP contribution in [0.4, 0.5) is 0 Å². The zero-order valence-electron chi connectivity index (χ0n) is 15.5. The molecule has 1 saturated heterocycles. The molecule has 146 valence electrons. The number of rotatable bonds is 5. The number of benzene rings is 1. The number of hydrogen-bond donors (Lipinski definition) is 1. The van der Waals surface area contributed by atoms with Gasteiger partial charge in [-0.05, 0) is 52.3 Å². The van der Waals surface area contributed by atoms with Crippen molar-refractivity contribution in [3.05, 3.63) is 56.8 Å². The first-order chi connectivity index (χ1) is 13.6. The van der Waals surface area contributed by atoms with E-state index in [4.69, 9.17) is 4.74 Å². The lowest BCUT2D eigenvalue weighted by Crippen LogP contribution is -2.48. The first-order valence-electron chi connectivity index (χ1n) is 9.07. The lowest BCUT2D eigenvalue weighted by atomic mass is 10.1. The average Bonchev–Trinajstić information content (AvgIpc) is 3.37. The van der Waals surface area contributed by atoms with Crippen LogP contribution in [0.2, 0.25) is 0 Å². The predicted octanol–water partition coefficient (Wildman–Crippen LogP) is 3.87. The average molecular weight is 461 g/mol. The molecule has 0 aliphatic carbocycles. The lowest BCUT2D eigenvalue weighted by Gasteiger charge is -2.34. The van der Waals surface area contributed by atoms with Crippen LogP contribution in [0.3, 0.4) is 0 Å². The summed E-state index contributed by atoms with van der Waals surface area (Å²) in [5.41, 5.74) is 2.28. The molecular weight excluding hydrogens is 440 g/mol. The third-order valence-corrected chi connectivity index (χ3v) is 6.52. The number of ether oxygens (including phenoxy) is 1. The molecule has 6 nitrogen and oxygen atoms in total. The molecule has 2 aromatic heterocycles. The number of carbonyl (C=O) groups excluding carboxylic acids is 1. The molecule has 0 radical (unpaired) electrons. The SMILES string of the molecule is COc1ccc(-c2[nH]ncc2C(=O)N2CCN(Cc3ccc(Br)s3)CC2)cc1. The summed E-state index contributed by atoms with van der Waals surface area (Å²) in [4.78, 5) is 18.7. The molecule has 3 heterocycles. The molecule has 0 bridgehead atoms.